The quantitative estimate of drug-likeness (QED) is 0.184. The molecule has 5 rings (SSSR count). The molecule has 2 N–H and O–H groups in total. The second kappa shape index (κ2) is 16.6. The molecule has 0 unspecified atom stereocenters. The Labute approximate surface area is 307 Å². The summed E-state index contributed by atoms with van der Waals surface area (Å²) in [6, 6.07) is 16.0. The summed E-state index contributed by atoms with van der Waals surface area (Å²) in [5.41, 5.74) is -0.418. The average Bonchev–Trinajstić information content (AvgIpc) is 3.78. The van der Waals surface area contributed by atoms with E-state index < -0.39 is 71.8 Å². The number of benzene rings is 2. The molecular weight excluding hydrogens is 662 g/mol. The highest BCUT2D eigenvalue weighted by atomic mass is 16.6. The van der Waals surface area contributed by atoms with Gasteiger partial charge in [-0.2, -0.15) is 0 Å². The highest BCUT2D eigenvalue weighted by molar-refractivity contribution is 5.98. The van der Waals surface area contributed by atoms with Crippen molar-refractivity contribution in [3.8, 4) is 0 Å². The van der Waals surface area contributed by atoms with E-state index in [0.717, 1.165) is 5.56 Å². The lowest BCUT2D eigenvalue weighted by Gasteiger charge is -2.43. The lowest BCUT2D eigenvalue weighted by molar-refractivity contribution is -0.163. The van der Waals surface area contributed by atoms with Gasteiger partial charge in [-0.05, 0) is 57.6 Å². The van der Waals surface area contributed by atoms with E-state index in [0.29, 0.717) is 31.2 Å². The summed E-state index contributed by atoms with van der Waals surface area (Å²) < 4.78 is 18.5. The van der Waals surface area contributed by atoms with Gasteiger partial charge in [0, 0.05) is 25.6 Å². The van der Waals surface area contributed by atoms with Gasteiger partial charge in [0.1, 0.15) is 17.7 Å². The van der Waals surface area contributed by atoms with Crippen LogP contribution in [-0.4, -0.2) is 101 Å². The molecule has 3 aliphatic heterocycles. The van der Waals surface area contributed by atoms with Crippen molar-refractivity contribution in [2.75, 3.05) is 26.9 Å². The monoisotopic (exact) mass is 715 g/mol. The molecule has 2 bridgehead atoms. The van der Waals surface area contributed by atoms with Crippen LogP contribution in [0.2, 0.25) is 0 Å². The lowest BCUT2D eigenvalue weighted by Crippen LogP contribution is -2.61. The van der Waals surface area contributed by atoms with Gasteiger partial charge in [0.05, 0.1) is 43.2 Å². The van der Waals surface area contributed by atoms with Gasteiger partial charge >= 0.3 is 5.97 Å². The summed E-state index contributed by atoms with van der Waals surface area (Å²) in [5, 5.41) is 13.8. The number of nitrogens with one attached hydrogen (secondary N) is 1. The first-order valence-electron chi connectivity index (χ1n) is 18.1. The Bertz CT molecular complexity index is 1590. The molecule has 0 radical (unpaired) electrons. The highest BCUT2D eigenvalue weighted by Gasteiger charge is 2.76. The van der Waals surface area contributed by atoms with Crippen molar-refractivity contribution in [3.05, 3.63) is 97.1 Å². The number of hydrogen-bond donors (Lipinski definition) is 2. The highest BCUT2D eigenvalue weighted by Crippen LogP contribution is 2.59. The van der Waals surface area contributed by atoms with Crippen LogP contribution in [0.25, 0.3) is 0 Å². The number of amides is 3. The Morgan fingerprint density at radius 2 is 1.77 bits per heavy atom. The molecule has 0 aliphatic carbocycles. The molecule has 3 heterocycles. The predicted molar refractivity (Wildman–Crippen MR) is 196 cm³/mol. The average molecular weight is 716 g/mol. The SMILES string of the molecule is C=CCCC(=O)N[C@@H](COC)[C@@H](OC(=O)[C@@H]1[C@H]2C(=O)N([C@@H](CO)Cc3ccccc3)[C@H](C(=O)N(CC=C)C(C)(C)C)[C@]23CC[C@H]1O3)c1ccccc1. The number of hydrogen-bond acceptors (Lipinski definition) is 8. The molecule has 2 aromatic rings. The van der Waals surface area contributed by atoms with Gasteiger partial charge < -0.3 is 34.4 Å². The second-order valence-electron chi connectivity index (χ2n) is 15.0. The van der Waals surface area contributed by atoms with E-state index in [9.17, 15) is 24.3 Å². The van der Waals surface area contributed by atoms with E-state index in [1.165, 1.54) is 12.0 Å². The van der Waals surface area contributed by atoms with Crippen LogP contribution in [0.4, 0.5) is 0 Å². The molecule has 2 aromatic carbocycles. The molecule has 3 amide bonds. The number of nitrogens with zero attached hydrogens (tertiary/aromatic N) is 2. The van der Waals surface area contributed by atoms with Gasteiger partial charge in [0.15, 0.2) is 0 Å². The van der Waals surface area contributed by atoms with Crippen LogP contribution in [0, 0.1) is 11.8 Å². The van der Waals surface area contributed by atoms with Crippen molar-refractivity contribution >= 4 is 23.7 Å². The Morgan fingerprint density at radius 1 is 1.10 bits per heavy atom. The number of methoxy groups -OCH3 is 1. The van der Waals surface area contributed by atoms with Crippen LogP contribution < -0.4 is 5.32 Å². The van der Waals surface area contributed by atoms with Crippen molar-refractivity contribution in [2.24, 2.45) is 11.8 Å². The van der Waals surface area contributed by atoms with Crippen molar-refractivity contribution in [3.63, 3.8) is 0 Å². The Kier molecular flexibility index (Phi) is 12.4. The zero-order valence-electron chi connectivity index (χ0n) is 30.7. The topological polar surface area (TPSA) is 135 Å². The number of carbonyl (C=O) groups excluding carboxylic acids is 4. The van der Waals surface area contributed by atoms with E-state index in [1.54, 1.807) is 17.1 Å². The third kappa shape index (κ3) is 7.72. The molecule has 3 fully saturated rings. The van der Waals surface area contributed by atoms with Crippen molar-refractivity contribution < 1.29 is 38.5 Å². The third-order valence-electron chi connectivity index (χ3n) is 10.6. The molecule has 11 heteroatoms. The van der Waals surface area contributed by atoms with Gasteiger partial charge in [-0.3, -0.25) is 19.2 Å². The summed E-state index contributed by atoms with van der Waals surface area (Å²) in [6.45, 7) is 13.2. The maximum atomic E-state index is 14.9. The Balaban J connectivity index is 1.54. The molecule has 0 aromatic heterocycles. The number of aliphatic hydroxyl groups is 1. The van der Waals surface area contributed by atoms with E-state index in [4.69, 9.17) is 14.2 Å². The molecule has 1 spiro atoms. The molecule has 52 heavy (non-hydrogen) atoms. The van der Waals surface area contributed by atoms with E-state index in [2.05, 4.69) is 18.5 Å². The zero-order chi connectivity index (χ0) is 37.6. The van der Waals surface area contributed by atoms with Gasteiger partial charge in [-0.1, -0.05) is 72.8 Å². The van der Waals surface area contributed by atoms with Crippen molar-refractivity contribution in [1.82, 2.24) is 15.1 Å². The normalized spacial score (nSPS) is 25.2. The van der Waals surface area contributed by atoms with E-state index >= 15 is 0 Å². The first kappa shape index (κ1) is 38.9. The van der Waals surface area contributed by atoms with E-state index in [-0.39, 0.29) is 31.4 Å². The van der Waals surface area contributed by atoms with Crippen LogP contribution in [0.5, 0.6) is 0 Å². The molecule has 3 saturated heterocycles. The summed E-state index contributed by atoms with van der Waals surface area (Å²) >= 11 is 0. The fourth-order valence-corrected chi connectivity index (χ4v) is 8.27. The molecule has 11 nitrogen and oxygen atoms in total. The van der Waals surface area contributed by atoms with E-state index in [1.807, 2.05) is 81.4 Å². The summed E-state index contributed by atoms with van der Waals surface area (Å²) in [6.07, 6.45) is 3.49. The summed E-state index contributed by atoms with van der Waals surface area (Å²) in [5.74, 6) is -3.70. The summed E-state index contributed by atoms with van der Waals surface area (Å²) in [7, 11) is 1.50. The Morgan fingerprint density at radius 3 is 2.37 bits per heavy atom. The smallest absolute Gasteiger partial charge is 0.313 e. The fraction of sp³-hybridized carbons (Fsp3) is 0.512. The number of aliphatic hydroxyl groups excluding tert-OH is 1. The number of rotatable bonds is 17. The molecule has 0 saturated carbocycles. The Hall–Kier alpha value is -4.32. The van der Waals surface area contributed by atoms with Crippen LogP contribution in [0.3, 0.4) is 0 Å². The van der Waals surface area contributed by atoms with Gasteiger partial charge in [-0.25, -0.2) is 0 Å². The molecule has 280 valence electrons. The van der Waals surface area contributed by atoms with Crippen LogP contribution in [-0.2, 0) is 39.8 Å². The number of carbonyl (C=O) groups is 4. The van der Waals surface area contributed by atoms with Crippen LogP contribution >= 0.6 is 0 Å². The lowest BCUT2D eigenvalue weighted by atomic mass is 9.70. The molecule has 3 aliphatic rings. The standard InChI is InChI=1S/C41H53N3O8/c1-7-9-20-32(46)42-30(26-50-6)35(28-18-14-11-15-19-28)51-39(49)33-31-21-22-41(52-31)34(33)37(47)44(29(25-45)24-27-16-12-10-13-17-27)36(41)38(48)43(23-8-2)40(3,4)5/h7-8,10-19,29-31,33-36,45H,1-2,9,20-26H2,3-6H3,(H,42,46)/t29-,30+,31-,33+,34+,35+,36-,41+/m1/s1. The maximum Gasteiger partial charge on any atom is 0.313 e. The minimum Gasteiger partial charge on any atom is -0.455 e. The van der Waals surface area contributed by atoms with Crippen LogP contribution in [0.15, 0.2) is 86.0 Å². The number of ether oxygens (including phenoxy) is 3. The summed E-state index contributed by atoms with van der Waals surface area (Å²) in [4.78, 5) is 60.4. The zero-order valence-corrected chi connectivity index (χ0v) is 30.7. The predicted octanol–water partition coefficient (Wildman–Crippen LogP) is 4.16. The fourth-order valence-electron chi connectivity index (χ4n) is 8.27. The van der Waals surface area contributed by atoms with Crippen molar-refractivity contribution in [2.45, 2.75) is 94.3 Å². The first-order chi connectivity index (χ1) is 24.9. The number of fused-ring (bicyclic) bond motifs is 1. The minimum absolute atomic E-state index is 0.0531. The van der Waals surface area contributed by atoms with Gasteiger partial charge in [-0.15, -0.1) is 13.2 Å². The number of likely N-dealkylation sites (tertiary alicyclic amines) is 1. The third-order valence-corrected chi connectivity index (χ3v) is 10.6. The van der Waals surface area contributed by atoms with Crippen LogP contribution in [0.1, 0.15) is 63.7 Å². The number of allylic oxidation sites excluding steroid dienone is 1. The first-order valence-corrected chi connectivity index (χ1v) is 18.1. The largest absolute Gasteiger partial charge is 0.455 e. The van der Waals surface area contributed by atoms with Crippen molar-refractivity contribution in [1.29, 1.82) is 0 Å². The minimum atomic E-state index is -1.32. The second-order valence-corrected chi connectivity index (χ2v) is 15.0. The van der Waals surface area contributed by atoms with Gasteiger partial charge in [0.25, 0.3) is 0 Å². The maximum absolute atomic E-state index is 14.9. The molecular formula is C41H53N3O8. The molecule has 8 atom stereocenters. The van der Waals surface area contributed by atoms with Gasteiger partial charge in [0.2, 0.25) is 17.7 Å². The number of esters is 1.